The van der Waals surface area contributed by atoms with Crippen molar-refractivity contribution in [3.63, 3.8) is 0 Å². The molecule has 0 aromatic heterocycles. The van der Waals surface area contributed by atoms with E-state index >= 15 is 0 Å². The van der Waals surface area contributed by atoms with Crippen LogP contribution in [0.3, 0.4) is 0 Å². The summed E-state index contributed by atoms with van der Waals surface area (Å²) in [4.78, 5) is 14.6. The molecule has 2 aromatic rings. The van der Waals surface area contributed by atoms with Gasteiger partial charge in [0.1, 0.15) is 5.82 Å². The van der Waals surface area contributed by atoms with Gasteiger partial charge in [0.25, 0.3) is 0 Å². The number of hydrogen-bond acceptors (Lipinski definition) is 2. The van der Waals surface area contributed by atoms with E-state index in [-0.39, 0.29) is 11.1 Å². The lowest BCUT2D eigenvalue weighted by molar-refractivity contribution is 0.155. The van der Waals surface area contributed by atoms with Crippen LogP contribution < -0.4 is 4.90 Å². The van der Waals surface area contributed by atoms with Crippen molar-refractivity contribution in [2.75, 3.05) is 18.0 Å². The van der Waals surface area contributed by atoms with Gasteiger partial charge in [-0.15, -0.1) is 0 Å². The number of amides is 1. The fourth-order valence-corrected chi connectivity index (χ4v) is 3.37. The van der Waals surface area contributed by atoms with Crippen LogP contribution in [0.2, 0.25) is 5.02 Å². The molecule has 1 N–H and O–H groups in total. The summed E-state index contributed by atoms with van der Waals surface area (Å²) in [5, 5.41) is 9.25. The third kappa shape index (κ3) is 3.49. The standard InChI is InChI=1S/C17H15BrClFN2O2/c18-11-1-3-12(4-2-11)22(13-5-6-16(20)15(19)9-13)14-7-8-21(10-14)17(23)24/h1-6,9,14H,7-8,10H2,(H,23,24)/t14-/m0/s1. The zero-order valence-electron chi connectivity index (χ0n) is 12.6. The van der Waals surface area contributed by atoms with Crippen LogP contribution in [0.1, 0.15) is 6.42 Å². The molecule has 3 rings (SSSR count). The van der Waals surface area contributed by atoms with Crippen LogP contribution in [0.25, 0.3) is 0 Å². The monoisotopic (exact) mass is 412 g/mol. The van der Waals surface area contributed by atoms with Crippen molar-refractivity contribution in [3.8, 4) is 0 Å². The maximum absolute atomic E-state index is 13.5. The van der Waals surface area contributed by atoms with Crippen molar-refractivity contribution in [3.05, 3.63) is 57.8 Å². The minimum absolute atomic E-state index is 0.0381. The molecule has 1 aliphatic rings. The predicted molar refractivity (Wildman–Crippen MR) is 95.7 cm³/mol. The van der Waals surface area contributed by atoms with E-state index in [1.165, 1.54) is 11.0 Å². The highest BCUT2D eigenvalue weighted by atomic mass is 79.9. The molecule has 2 aromatic carbocycles. The summed E-state index contributed by atoms with van der Waals surface area (Å²) >= 11 is 9.35. The average molecular weight is 414 g/mol. The Morgan fingerprint density at radius 3 is 2.50 bits per heavy atom. The Hall–Kier alpha value is -1.79. The third-order valence-electron chi connectivity index (χ3n) is 4.09. The van der Waals surface area contributed by atoms with Gasteiger partial charge in [-0.25, -0.2) is 9.18 Å². The molecule has 0 saturated carbocycles. The van der Waals surface area contributed by atoms with E-state index in [0.29, 0.717) is 19.5 Å². The highest BCUT2D eigenvalue weighted by Gasteiger charge is 2.31. The second kappa shape index (κ2) is 6.99. The van der Waals surface area contributed by atoms with Crippen molar-refractivity contribution in [2.24, 2.45) is 0 Å². The van der Waals surface area contributed by atoms with Gasteiger partial charge in [-0.2, -0.15) is 0 Å². The van der Waals surface area contributed by atoms with Gasteiger partial charge in [0, 0.05) is 28.9 Å². The van der Waals surface area contributed by atoms with Gasteiger partial charge in [0.15, 0.2) is 0 Å². The third-order valence-corrected chi connectivity index (χ3v) is 4.90. The Kier molecular flexibility index (Phi) is 4.96. The molecule has 0 unspecified atom stereocenters. The van der Waals surface area contributed by atoms with Gasteiger partial charge in [0.2, 0.25) is 0 Å². The van der Waals surface area contributed by atoms with Gasteiger partial charge in [-0.3, -0.25) is 0 Å². The van der Waals surface area contributed by atoms with Crippen molar-refractivity contribution in [1.29, 1.82) is 0 Å². The number of carbonyl (C=O) groups is 1. The minimum Gasteiger partial charge on any atom is -0.465 e. The quantitative estimate of drug-likeness (QED) is 0.758. The number of nitrogens with zero attached hydrogens (tertiary/aromatic N) is 2. The molecule has 1 saturated heterocycles. The second-order valence-electron chi connectivity index (χ2n) is 5.62. The molecule has 1 amide bonds. The van der Waals surface area contributed by atoms with Crippen LogP contribution in [-0.4, -0.2) is 35.2 Å². The Bertz CT molecular complexity index is 757. The molecule has 0 spiro atoms. The van der Waals surface area contributed by atoms with E-state index in [2.05, 4.69) is 15.9 Å². The zero-order chi connectivity index (χ0) is 17.3. The first-order valence-corrected chi connectivity index (χ1v) is 8.60. The first-order valence-electron chi connectivity index (χ1n) is 7.43. The number of rotatable bonds is 3. The molecule has 1 aliphatic heterocycles. The van der Waals surface area contributed by atoms with Crippen LogP contribution in [0.4, 0.5) is 20.6 Å². The Morgan fingerprint density at radius 1 is 1.25 bits per heavy atom. The van der Waals surface area contributed by atoms with Gasteiger partial charge < -0.3 is 14.9 Å². The SMILES string of the molecule is O=C(O)N1CC[C@H](N(c2ccc(Br)cc2)c2ccc(F)c(Cl)c2)C1. The molecule has 0 aliphatic carbocycles. The lowest BCUT2D eigenvalue weighted by Crippen LogP contribution is -2.35. The zero-order valence-corrected chi connectivity index (χ0v) is 15.0. The van der Waals surface area contributed by atoms with Crippen molar-refractivity contribution in [1.82, 2.24) is 4.90 Å². The molecule has 1 atom stereocenters. The number of hydrogen-bond donors (Lipinski definition) is 1. The van der Waals surface area contributed by atoms with Crippen LogP contribution >= 0.6 is 27.5 Å². The molecule has 0 bridgehead atoms. The summed E-state index contributed by atoms with van der Waals surface area (Å²) in [5.41, 5.74) is 1.64. The van der Waals surface area contributed by atoms with Crippen LogP contribution in [0.5, 0.6) is 0 Å². The molecule has 4 nitrogen and oxygen atoms in total. The molecule has 1 fully saturated rings. The predicted octanol–water partition coefficient (Wildman–Crippen LogP) is 5.13. The summed E-state index contributed by atoms with van der Waals surface area (Å²) in [6.07, 6.45) is -0.234. The van der Waals surface area contributed by atoms with E-state index < -0.39 is 11.9 Å². The molecule has 7 heteroatoms. The van der Waals surface area contributed by atoms with E-state index in [1.54, 1.807) is 12.1 Å². The van der Waals surface area contributed by atoms with Gasteiger partial charge in [-0.1, -0.05) is 27.5 Å². The maximum Gasteiger partial charge on any atom is 0.407 e. The molecule has 24 heavy (non-hydrogen) atoms. The molecular formula is C17H15BrClFN2O2. The first kappa shape index (κ1) is 17.0. The number of anilines is 2. The highest BCUT2D eigenvalue weighted by Crippen LogP contribution is 2.34. The van der Waals surface area contributed by atoms with Crippen molar-refractivity contribution in [2.45, 2.75) is 12.5 Å². The minimum atomic E-state index is -0.926. The maximum atomic E-state index is 13.5. The van der Waals surface area contributed by atoms with Crippen LogP contribution in [0, 0.1) is 5.82 Å². The number of benzene rings is 2. The van der Waals surface area contributed by atoms with Gasteiger partial charge >= 0.3 is 6.09 Å². The molecular weight excluding hydrogens is 399 g/mol. The van der Waals surface area contributed by atoms with Crippen molar-refractivity contribution < 1.29 is 14.3 Å². The Labute approximate surface area is 152 Å². The van der Waals surface area contributed by atoms with Crippen molar-refractivity contribution >= 4 is 45.0 Å². The molecule has 0 radical (unpaired) electrons. The fraction of sp³-hybridized carbons (Fsp3) is 0.235. The first-order chi connectivity index (χ1) is 11.5. The normalized spacial score (nSPS) is 17.1. The van der Waals surface area contributed by atoms with E-state index in [1.807, 2.05) is 29.2 Å². The Morgan fingerprint density at radius 2 is 1.92 bits per heavy atom. The summed E-state index contributed by atoms with van der Waals surface area (Å²) in [5.74, 6) is -0.477. The fourth-order valence-electron chi connectivity index (χ4n) is 2.93. The molecule has 126 valence electrons. The van der Waals surface area contributed by atoms with E-state index in [0.717, 1.165) is 15.8 Å². The second-order valence-corrected chi connectivity index (χ2v) is 6.94. The summed E-state index contributed by atoms with van der Waals surface area (Å²) in [6, 6.07) is 12.2. The van der Waals surface area contributed by atoms with Crippen LogP contribution in [0.15, 0.2) is 46.9 Å². The van der Waals surface area contributed by atoms with E-state index in [4.69, 9.17) is 11.6 Å². The number of halogens is 3. The number of carboxylic acid groups (broad SMARTS) is 1. The smallest absolute Gasteiger partial charge is 0.407 e. The van der Waals surface area contributed by atoms with Gasteiger partial charge in [0.05, 0.1) is 11.1 Å². The van der Waals surface area contributed by atoms with Gasteiger partial charge in [-0.05, 0) is 48.9 Å². The summed E-state index contributed by atoms with van der Waals surface area (Å²) in [6.45, 7) is 0.863. The topological polar surface area (TPSA) is 43.8 Å². The largest absolute Gasteiger partial charge is 0.465 e. The summed E-state index contributed by atoms with van der Waals surface area (Å²) < 4.78 is 14.5. The lowest BCUT2D eigenvalue weighted by atomic mass is 10.1. The van der Waals surface area contributed by atoms with Crippen LogP contribution in [-0.2, 0) is 0 Å². The summed E-state index contributed by atoms with van der Waals surface area (Å²) in [7, 11) is 0. The number of likely N-dealkylation sites (tertiary alicyclic amines) is 1. The molecule has 1 heterocycles. The Balaban J connectivity index is 1.99. The lowest BCUT2D eigenvalue weighted by Gasteiger charge is -2.31. The van der Waals surface area contributed by atoms with E-state index in [9.17, 15) is 14.3 Å². The highest BCUT2D eigenvalue weighted by molar-refractivity contribution is 9.10. The average Bonchev–Trinajstić information content (AvgIpc) is 3.03.